The van der Waals surface area contributed by atoms with E-state index in [1.165, 1.54) is 17.3 Å². The third-order valence-corrected chi connectivity index (χ3v) is 7.98. The molecule has 3 atom stereocenters. The highest BCUT2D eigenvalue weighted by Gasteiger charge is 2.46. The number of ether oxygens (including phenoxy) is 2. The van der Waals surface area contributed by atoms with E-state index in [0.717, 1.165) is 5.56 Å². The van der Waals surface area contributed by atoms with Crippen molar-refractivity contribution in [2.24, 2.45) is 11.8 Å². The van der Waals surface area contributed by atoms with Crippen LogP contribution in [0.3, 0.4) is 0 Å². The van der Waals surface area contributed by atoms with E-state index in [9.17, 15) is 18.7 Å². The summed E-state index contributed by atoms with van der Waals surface area (Å²) in [6, 6.07) is 2.68. The number of anilines is 3. The van der Waals surface area contributed by atoms with Crippen LogP contribution in [-0.4, -0.2) is 84.5 Å². The number of likely N-dealkylation sites (tertiary alicyclic amines) is 1. The summed E-state index contributed by atoms with van der Waals surface area (Å²) in [6.07, 6.45) is -0.792. The van der Waals surface area contributed by atoms with Gasteiger partial charge < -0.3 is 25.6 Å². The monoisotopic (exact) mass is 558 g/mol. The predicted octanol–water partition coefficient (Wildman–Crippen LogP) is 3.83. The van der Waals surface area contributed by atoms with Crippen molar-refractivity contribution in [3.05, 3.63) is 35.9 Å². The second kappa shape index (κ2) is 10.3. The molecule has 0 saturated carbocycles. The van der Waals surface area contributed by atoms with E-state index < -0.39 is 24.4 Å². The first-order valence-corrected chi connectivity index (χ1v) is 13.1. The van der Waals surface area contributed by atoms with Gasteiger partial charge in [-0.25, -0.2) is 27.9 Å². The summed E-state index contributed by atoms with van der Waals surface area (Å²) in [5.74, 6) is -0.659. The molecule has 0 aliphatic carbocycles. The minimum Gasteiger partial charge on any atom is -0.474 e. The van der Waals surface area contributed by atoms with Gasteiger partial charge in [-0.05, 0) is 30.0 Å². The molecule has 0 spiro atoms. The van der Waals surface area contributed by atoms with Gasteiger partial charge in [-0.15, -0.1) is 0 Å². The van der Waals surface area contributed by atoms with Gasteiger partial charge in [-0.3, -0.25) is 9.80 Å². The molecule has 6 rings (SSSR count). The third kappa shape index (κ3) is 4.52. The molecule has 2 aromatic heterocycles. The Bertz CT molecular complexity index is 1460. The van der Waals surface area contributed by atoms with Crippen LogP contribution in [0.25, 0.3) is 21.9 Å². The van der Waals surface area contributed by atoms with Crippen molar-refractivity contribution in [3.63, 3.8) is 0 Å². The van der Waals surface area contributed by atoms with Crippen molar-refractivity contribution in [1.82, 2.24) is 14.9 Å². The number of carboxylic acid groups (broad SMARTS) is 1. The van der Waals surface area contributed by atoms with Gasteiger partial charge in [0.05, 0.1) is 31.5 Å². The highest BCUT2D eigenvalue weighted by Crippen LogP contribution is 2.41. The normalized spacial score (nSPS) is 22.5. The summed E-state index contributed by atoms with van der Waals surface area (Å²) < 4.78 is 53.0. The zero-order valence-electron chi connectivity index (χ0n) is 21.7. The molecular weight excluding hydrogens is 529 g/mol. The quantitative estimate of drug-likeness (QED) is 0.401. The van der Waals surface area contributed by atoms with Crippen LogP contribution in [0, 0.1) is 24.6 Å². The van der Waals surface area contributed by atoms with E-state index in [0.29, 0.717) is 41.1 Å². The SMILES string of the molecule is Cc1c(-c2cc3cc(N(C(=O)O)[C@@H]4[C@@H]5COC[C@H]4CN(CC(F)F)C5)ncc3c(N)c2F)cnc2c1NCCO2. The Kier molecular flexibility index (Phi) is 6.78. The Balaban J connectivity index is 1.41. The van der Waals surface area contributed by atoms with Crippen molar-refractivity contribution < 1.29 is 32.5 Å². The molecule has 3 aliphatic heterocycles. The maximum Gasteiger partial charge on any atom is 0.413 e. The average Bonchev–Trinajstić information content (AvgIpc) is 2.91. The molecular formula is C27H29F3N6O4. The van der Waals surface area contributed by atoms with Gasteiger partial charge in [0, 0.05) is 60.4 Å². The maximum absolute atomic E-state index is 15.6. The number of benzene rings is 1. The molecule has 212 valence electrons. The molecule has 2 fully saturated rings. The molecule has 3 aliphatic rings. The molecule has 0 radical (unpaired) electrons. The average molecular weight is 559 g/mol. The van der Waals surface area contributed by atoms with Crippen molar-refractivity contribution in [3.8, 4) is 17.0 Å². The van der Waals surface area contributed by atoms with E-state index in [1.807, 2.05) is 6.92 Å². The zero-order valence-corrected chi connectivity index (χ0v) is 21.7. The Morgan fingerprint density at radius 2 is 1.98 bits per heavy atom. The number of rotatable bonds is 5. The molecule has 2 saturated heterocycles. The van der Waals surface area contributed by atoms with Crippen LogP contribution >= 0.6 is 0 Å². The first kappa shape index (κ1) is 26.4. The second-order valence-electron chi connectivity index (χ2n) is 10.5. The number of nitrogens with zero attached hydrogens (tertiary/aromatic N) is 4. The number of nitrogens with one attached hydrogen (secondary N) is 1. The first-order valence-electron chi connectivity index (χ1n) is 13.1. The number of aromatic nitrogens is 2. The maximum atomic E-state index is 15.6. The number of halogens is 3. The van der Waals surface area contributed by atoms with Crippen LogP contribution in [0.5, 0.6) is 5.88 Å². The zero-order chi connectivity index (χ0) is 28.1. The largest absolute Gasteiger partial charge is 0.474 e. The number of pyridine rings is 2. The minimum absolute atomic E-state index is 0.111. The standard InChI is InChI=1S/C27H29F3N6O4/c1-13-18(6-34-26-24(13)32-2-3-40-26)17-4-14-5-21(33-7-19(14)23(31)22(17)30)36(27(37)38)25-15-8-35(10-20(28)29)9-16(25)12-39-11-15/h4-7,15-16,20,25,32H,2-3,8-12,31H2,1H3,(H,37,38)/t15-,16+,25+. The highest BCUT2D eigenvalue weighted by molar-refractivity contribution is 6.00. The molecule has 3 aromatic rings. The molecule has 13 heteroatoms. The lowest BCUT2D eigenvalue weighted by Gasteiger charge is -2.49. The lowest BCUT2D eigenvalue weighted by Crippen LogP contribution is -2.63. The van der Waals surface area contributed by atoms with Crippen molar-refractivity contribution in [2.75, 3.05) is 62.0 Å². The van der Waals surface area contributed by atoms with E-state index in [1.54, 1.807) is 17.0 Å². The smallest absolute Gasteiger partial charge is 0.413 e. The number of hydrogen-bond donors (Lipinski definition) is 3. The van der Waals surface area contributed by atoms with Gasteiger partial charge in [-0.2, -0.15) is 0 Å². The number of amides is 1. The number of nitrogen functional groups attached to an aromatic ring is 1. The Morgan fingerprint density at radius 3 is 2.67 bits per heavy atom. The van der Waals surface area contributed by atoms with Crippen LogP contribution in [0.1, 0.15) is 5.56 Å². The fourth-order valence-electron chi connectivity index (χ4n) is 6.26. The summed E-state index contributed by atoms with van der Waals surface area (Å²) >= 11 is 0. The summed E-state index contributed by atoms with van der Waals surface area (Å²) in [7, 11) is 0. The predicted molar refractivity (Wildman–Crippen MR) is 143 cm³/mol. The van der Waals surface area contributed by atoms with Crippen molar-refractivity contribution in [1.29, 1.82) is 0 Å². The lowest BCUT2D eigenvalue weighted by molar-refractivity contribution is -0.0659. The van der Waals surface area contributed by atoms with Crippen LogP contribution in [-0.2, 0) is 4.74 Å². The van der Waals surface area contributed by atoms with Crippen molar-refractivity contribution >= 4 is 34.1 Å². The summed E-state index contributed by atoms with van der Waals surface area (Å²) in [4.78, 5) is 24.2. The van der Waals surface area contributed by atoms with Crippen LogP contribution in [0.4, 0.5) is 35.2 Å². The first-order chi connectivity index (χ1) is 19.2. The molecule has 1 amide bonds. The second-order valence-corrected chi connectivity index (χ2v) is 10.5. The third-order valence-electron chi connectivity index (χ3n) is 7.98. The van der Waals surface area contributed by atoms with Gasteiger partial charge in [-0.1, -0.05) is 0 Å². The lowest BCUT2D eigenvalue weighted by atomic mass is 9.81. The van der Waals surface area contributed by atoms with Gasteiger partial charge in [0.2, 0.25) is 5.88 Å². The van der Waals surface area contributed by atoms with Gasteiger partial charge in [0.25, 0.3) is 6.43 Å². The summed E-state index contributed by atoms with van der Waals surface area (Å²) in [5, 5.41) is 14.4. The number of fused-ring (bicyclic) bond motifs is 4. The highest BCUT2D eigenvalue weighted by atomic mass is 19.3. The summed E-state index contributed by atoms with van der Waals surface area (Å²) in [5.41, 5.74) is 8.27. The Morgan fingerprint density at radius 1 is 1.23 bits per heavy atom. The number of alkyl halides is 2. The molecule has 40 heavy (non-hydrogen) atoms. The van der Waals surface area contributed by atoms with E-state index in [2.05, 4.69) is 15.3 Å². The number of hydrogen-bond acceptors (Lipinski definition) is 8. The number of nitrogens with two attached hydrogens (primary N) is 1. The molecule has 10 nitrogen and oxygen atoms in total. The Labute approximate surface area is 227 Å². The fourth-order valence-corrected chi connectivity index (χ4v) is 6.26. The summed E-state index contributed by atoms with van der Waals surface area (Å²) in [6.45, 7) is 3.61. The van der Waals surface area contributed by atoms with E-state index in [4.69, 9.17) is 15.2 Å². The molecule has 2 bridgehead atoms. The van der Waals surface area contributed by atoms with Gasteiger partial charge >= 0.3 is 6.09 Å². The van der Waals surface area contributed by atoms with Crippen LogP contribution in [0.2, 0.25) is 0 Å². The minimum atomic E-state index is -2.48. The van der Waals surface area contributed by atoms with Crippen molar-refractivity contribution in [2.45, 2.75) is 19.4 Å². The Hall–Kier alpha value is -3.84. The number of carbonyl (C=O) groups is 1. The molecule has 5 heterocycles. The molecule has 1 aromatic carbocycles. The van der Waals surface area contributed by atoms with Gasteiger partial charge in [0.15, 0.2) is 5.82 Å². The van der Waals surface area contributed by atoms with Crippen LogP contribution in [0.15, 0.2) is 24.5 Å². The molecule has 4 N–H and O–H groups in total. The number of piperidine rings is 1. The van der Waals surface area contributed by atoms with E-state index in [-0.39, 0.29) is 61.8 Å². The van der Waals surface area contributed by atoms with Gasteiger partial charge in [0.1, 0.15) is 18.1 Å². The van der Waals surface area contributed by atoms with E-state index >= 15 is 4.39 Å². The van der Waals surface area contributed by atoms with Crippen LogP contribution < -0.4 is 20.7 Å². The molecule has 0 unspecified atom stereocenters. The topological polar surface area (TPSA) is 126 Å². The fraction of sp³-hybridized carbons (Fsp3) is 0.444.